The summed E-state index contributed by atoms with van der Waals surface area (Å²) in [6.07, 6.45) is 8.43. The minimum atomic E-state index is 0. The van der Waals surface area contributed by atoms with Gasteiger partial charge in [-0.25, -0.2) is 9.97 Å². The molecular formula is C22H32N6. The van der Waals surface area contributed by atoms with E-state index in [1.165, 1.54) is 12.8 Å². The zero-order chi connectivity index (χ0) is 18.8. The minimum Gasteiger partial charge on any atom is -0.341 e. The predicted molar refractivity (Wildman–Crippen MR) is 117 cm³/mol. The number of aromatic amines is 2. The highest BCUT2D eigenvalue weighted by molar-refractivity contribution is 5.60. The van der Waals surface area contributed by atoms with Crippen molar-refractivity contribution in [3.8, 4) is 23.1 Å². The molecule has 6 heteroatoms. The molecule has 0 bridgehead atoms. The Bertz CT molecular complexity index is 1010. The monoisotopic (exact) mass is 380 g/mol. The normalized spacial score (nSPS) is 21.6. The van der Waals surface area contributed by atoms with Crippen LogP contribution >= 0.6 is 0 Å². The van der Waals surface area contributed by atoms with Crippen LogP contribution in [0.5, 0.6) is 0 Å². The molecule has 2 fully saturated rings. The number of imidazole rings is 2. The van der Waals surface area contributed by atoms with Crippen LogP contribution in [0.15, 0.2) is 36.7 Å². The van der Waals surface area contributed by atoms with Crippen molar-refractivity contribution in [3.05, 3.63) is 59.6 Å². The maximum Gasteiger partial charge on any atom is 0.124 e. The van der Waals surface area contributed by atoms with Gasteiger partial charge in [0.05, 0.1) is 30.2 Å². The first kappa shape index (κ1) is 17.2. The molecule has 2 aliphatic rings. The van der Waals surface area contributed by atoms with E-state index in [9.17, 15) is 0 Å². The maximum atomic E-state index is 4.55. The summed E-state index contributed by atoms with van der Waals surface area (Å²) in [5, 5.41) is 6.92. The highest BCUT2D eigenvalue weighted by atomic mass is 15.0. The Morgan fingerprint density at radius 2 is 1.50 bits per heavy atom. The lowest BCUT2D eigenvalue weighted by Crippen LogP contribution is -2.14. The fourth-order valence-corrected chi connectivity index (χ4v) is 3.95. The van der Waals surface area contributed by atoms with Crippen LogP contribution in [-0.2, 0) is 0 Å². The zero-order valence-electron chi connectivity index (χ0n) is 15.8. The molecule has 4 N–H and O–H groups in total. The average molecular weight is 381 g/mol. The molecule has 1 aromatic carbocycles. The summed E-state index contributed by atoms with van der Waals surface area (Å²) in [5.41, 5.74) is 4.01. The standard InChI is InChI=1S/C22H24N6.4H2/c1-3-18(23-11-1)21-25-13-17(27-21)10-7-15-5-8-16(9-6-15)20-14-26-22(28-20)19-4-2-12-24-19;;;;/h5-6,8-9,13-14,18-19,23-24H,1-4,11-12H2,(H,25,27)(H,26,28);4*1H/t18-,19-;;;;/m0..../s1. The van der Waals surface area contributed by atoms with Gasteiger partial charge in [-0.05, 0) is 62.4 Å². The number of H-pyrrole nitrogens is 2. The Labute approximate surface area is 170 Å². The van der Waals surface area contributed by atoms with Crippen LogP contribution in [0, 0.1) is 11.8 Å². The molecule has 4 heterocycles. The largest absolute Gasteiger partial charge is 0.341 e. The van der Waals surface area contributed by atoms with Crippen LogP contribution in [0.3, 0.4) is 0 Å². The van der Waals surface area contributed by atoms with Gasteiger partial charge in [0, 0.05) is 11.3 Å². The van der Waals surface area contributed by atoms with Crippen molar-refractivity contribution in [2.75, 3.05) is 13.1 Å². The Hall–Kier alpha value is -2.88. The van der Waals surface area contributed by atoms with Crippen molar-refractivity contribution in [1.29, 1.82) is 0 Å². The zero-order valence-corrected chi connectivity index (χ0v) is 15.8. The number of nitrogens with zero attached hydrogens (tertiary/aromatic N) is 2. The number of hydrogen-bond donors (Lipinski definition) is 4. The van der Waals surface area contributed by atoms with Gasteiger partial charge in [-0.2, -0.15) is 0 Å². The molecule has 2 aromatic heterocycles. The Kier molecular flexibility index (Phi) is 4.69. The van der Waals surface area contributed by atoms with Gasteiger partial charge < -0.3 is 20.6 Å². The molecule has 0 radical (unpaired) electrons. The topological polar surface area (TPSA) is 81.4 Å². The molecule has 2 saturated heterocycles. The summed E-state index contributed by atoms with van der Waals surface area (Å²) < 4.78 is 0. The van der Waals surface area contributed by atoms with E-state index in [0.717, 1.165) is 60.1 Å². The van der Waals surface area contributed by atoms with Crippen molar-refractivity contribution in [3.63, 3.8) is 0 Å². The number of hydrogen-bond acceptors (Lipinski definition) is 4. The Balaban J connectivity index is 0.00000128. The SMILES string of the molecule is C(#Cc1cnc([C@@H]2CCCN2)[nH]1)c1ccc(-c2cnc([C@@H]3CCCN3)[nH]2)cc1.[HH].[HH].[HH].[HH]. The average Bonchev–Trinajstić information content (AvgIpc) is 3.53. The summed E-state index contributed by atoms with van der Waals surface area (Å²) in [6, 6.07) is 8.97. The lowest BCUT2D eigenvalue weighted by Gasteiger charge is -2.05. The Morgan fingerprint density at radius 3 is 2.18 bits per heavy atom. The van der Waals surface area contributed by atoms with E-state index in [2.05, 4.69) is 54.5 Å². The molecule has 28 heavy (non-hydrogen) atoms. The van der Waals surface area contributed by atoms with Gasteiger partial charge in [-0.1, -0.05) is 18.1 Å². The van der Waals surface area contributed by atoms with Crippen molar-refractivity contribution >= 4 is 0 Å². The summed E-state index contributed by atoms with van der Waals surface area (Å²) in [5.74, 6) is 8.42. The van der Waals surface area contributed by atoms with E-state index in [-0.39, 0.29) is 5.71 Å². The fraction of sp³-hybridized carbons (Fsp3) is 0.364. The van der Waals surface area contributed by atoms with E-state index in [1.807, 2.05) is 24.5 Å². The van der Waals surface area contributed by atoms with Crippen LogP contribution in [0.4, 0.5) is 0 Å². The minimum absolute atomic E-state index is 0. The van der Waals surface area contributed by atoms with Gasteiger partial charge in [0.2, 0.25) is 0 Å². The van der Waals surface area contributed by atoms with Gasteiger partial charge in [0.1, 0.15) is 17.3 Å². The molecule has 0 amide bonds. The molecule has 0 aliphatic carbocycles. The third-order valence-electron chi connectivity index (χ3n) is 5.51. The molecular weight excluding hydrogens is 348 g/mol. The number of nitrogens with one attached hydrogen (secondary N) is 4. The van der Waals surface area contributed by atoms with Crippen LogP contribution in [0.25, 0.3) is 11.3 Å². The second-order valence-electron chi connectivity index (χ2n) is 7.49. The van der Waals surface area contributed by atoms with Gasteiger partial charge in [0.25, 0.3) is 0 Å². The summed E-state index contributed by atoms with van der Waals surface area (Å²) in [7, 11) is 0. The third-order valence-corrected chi connectivity index (χ3v) is 5.51. The summed E-state index contributed by atoms with van der Waals surface area (Å²) >= 11 is 0. The molecule has 0 saturated carbocycles. The van der Waals surface area contributed by atoms with E-state index in [1.54, 1.807) is 0 Å². The smallest absolute Gasteiger partial charge is 0.124 e. The predicted octanol–water partition coefficient (Wildman–Crippen LogP) is 4.03. The van der Waals surface area contributed by atoms with Gasteiger partial charge in [-0.3, -0.25) is 0 Å². The first-order valence-corrected chi connectivity index (χ1v) is 10.0. The molecule has 2 atom stereocenters. The lowest BCUT2D eigenvalue weighted by molar-refractivity contribution is 0.612. The van der Waals surface area contributed by atoms with Gasteiger partial charge in [-0.15, -0.1) is 0 Å². The molecule has 0 unspecified atom stereocenters. The van der Waals surface area contributed by atoms with Crippen LogP contribution in [-0.4, -0.2) is 33.0 Å². The van der Waals surface area contributed by atoms with Crippen molar-refractivity contribution in [2.24, 2.45) is 0 Å². The van der Waals surface area contributed by atoms with E-state index < -0.39 is 0 Å². The fourth-order valence-electron chi connectivity index (χ4n) is 3.95. The second kappa shape index (κ2) is 7.63. The van der Waals surface area contributed by atoms with Crippen molar-refractivity contribution in [2.45, 2.75) is 37.8 Å². The van der Waals surface area contributed by atoms with Crippen LogP contribution < -0.4 is 10.6 Å². The Morgan fingerprint density at radius 1 is 0.821 bits per heavy atom. The second-order valence-corrected chi connectivity index (χ2v) is 7.49. The molecule has 6 nitrogen and oxygen atoms in total. The van der Waals surface area contributed by atoms with Crippen molar-refractivity contribution in [1.82, 2.24) is 30.6 Å². The van der Waals surface area contributed by atoms with E-state index >= 15 is 0 Å². The summed E-state index contributed by atoms with van der Waals surface area (Å²) in [6.45, 7) is 2.14. The molecule has 150 valence electrons. The summed E-state index contributed by atoms with van der Waals surface area (Å²) in [4.78, 5) is 15.8. The lowest BCUT2D eigenvalue weighted by atomic mass is 10.1. The highest BCUT2D eigenvalue weighted by Crippen LogP contribution is 2.24. The molecule has 3 aromatic rings. The third kappa shape index (κ3) is 3.59. The highest BCUT2D eigenvalue weighted by Gasteiger charge is 2.19. The molecule has 5 rings (SSSR count). The quantitative estimate of drug-likeness (QED) is 0.517. The van der Waals surface area contributed by atoms with E-state index in [4.69, 9.17) is 0 Å². The van der Waals surface area contributed by atoms with Crippen molar-refractivity contribution < 1.29 is 5.71 Å². The number of rotatable bonds is 3. The first-order valence-electron chi connectivity index (χ1n) is 10.0. The van der Waals surface area contributed by atoms with Crippen LogP contribution in [0.2, 0.25) is 0 Å². The van der Waals surface area contributed by atoms with E-state index in [0.29, 0.717) is 12.1 Å². The number of aromatic nitrogens is 4. The number of benzene rings is 1. The maximum absolute atomic E-state index is 4.55. The first-order chi connectivity index (χ1) is 13.8. The van der Waals surface area contributed by atoms with Gasteiger partial charge >= 0.3 is 0 Å². The molecule has 2 aliphatic heterocycles. The van der Waals surface area contributed by atoms with Crippen LogP contribution in [0.1, 0.15) is 66.4 Å². The van der Waals surface area contributed by atoms with Gasteiger partial charge in [0.15, 0.2) is 0 Å². The molecule has 0 spiro atoms.